The second kappa shape index (κ2) is 37.1. The molecule has 4 N–H and O–H groups in total. The molecule has 1 spiro atoms. The topological polar surface area (TPSA) is 210 Å². The minimum atomic E-state index is -0.940. The van der Waals surface area contributed by atoms with Crippen molar-refractivity contribution in [1.82, 2.24) is 35.7 Å². The molecule has 0 radical (unpaired) electrons. The minimum Gasteiger partial charge on any atom is -0.494 e. The van der Waals surface area contributed by atoms with Gasteiger partial charge in [0.25, 0.3) is 11.8 Å². The zero-order valence-corrected chi connectivity index (χ0v) is 46.6. The number of benzene rings is 1. The molecule has 5 fully saturated rings. The SMILES string of the molecule is C=O.CC.CN(C1CC1)C(CCC=O)c1cccnc1.CNCCOCCNC(=O)c1cc(NC(=O)C2CCC(C)O2)ccn1.COc1cccc(F)c1F.O=CN1CCC2(CCC(C(=O)NC3CCCCC3)CC2)CC1. The van der Waals surface area contributed by atoms with Gasteiger partial charge in [-0.15, -0.1) is 0 Å². The van der Waals surface area contributed by atoms with Gasteiger partial charge in [-0.25, -0.2) is 4.39 Å². The Morgan fingerprint density at radius 1 is 0.896 bits per heavy atom. The zero-order valence-electron chi connectivity index (χ0n) is 46.6. The first-order chi connectivity index (χ1) is 37.4. The van der Waals surface area contributed by atoms with E-state index in [4.69, 9.17) is 14.3 Å². The second-order valence-corrected chi connectivity index (χ2v) is 19.9. The molecule has 3 saturated carbocycles. The molecule has 2 aliphatic heterocycles. The van der Waals surface area contributed by atoms with E-state index in [1.54, 1.807) is 18.3 Å². The summed E-state index contributed by atoms with van der Waals surface area (Å²) in [5.74, 6) is -1.85. The standard InChI is InChI=1S/C18H30N2O2.C17H26N4O4.C13H18N2O.C7H6F2O.C2H6.CH2O/c21-14-20-12-10-18(11-13-20)8-6-15(7-9-18)17(22)19-16-4-2-1-3-5-16;1-12-3-4-15(25-12)17(23)21-13-5-6-19-14(11-13)16(22)20-8-10-24-9-7-18-2;1-15(12-6-7-12)13(5-3-9-16)11-4-2-8-14-10-11;1-10-6-4-2-3-5(8)7(6)9;2*1-2/h14-16H,1-13H2,(H,19,22);5-6,11-12,15,18H,3-4,7-10H2,1-2H3,(H,20,22)(H,19,21,23);2,4,8-10,12-13H,3,5-7H2,1H3;2-4H,1H3;1-2H3;1H2. The largest absolute Gasteiger partial charge is 0.494 e. The molecule has 2 saturated heterocycles. The van der Waals surface area contributed by atoms with Crippen LogP contribution < -0.4 is 26.0 Å². The number of rotatable bonds is 19. The Hall–Kier alpha value is -5.76. The number of likely N-dealkylation sites (N-methyl/N-ethyl adjacent to an activating group) is 1. The third kappa shape index (κ3) is 23.4. The van der Waals surface area contributed by atoms with Crippen molar-refractivity contribution in [1.29, 1.82) is 0 Å². The number of nitrogens with zero attached hydrogens (tertiary/aromatic N) is 4. The maximum atomic E-state index is 12.5. The van der Waals surface area contributed by atoms with E-state index in [0.717, 1.165) is 76.9 Å². The molecule has 17 nitrogen and oxygen atoms in total. The number of hydrogen-bond acceptors (Lipinski definition) is 13. The number of amides is 4. The first-order valence-electron chi connectivity index (χ1n) is 27.6. The molecular weight excluding hydrogens is 991 g/mol. The van der Waals surface area contributed by atoms with Crippen molar-refractivity contribution in [3.63, 3.8) is 0 Å². The van der Waals surface area contributed by atoms with Crippen LogP contribution in [0.5, 0.6) is 5.75 Å². The molecule has 3 unspecified atom stereocenters. The summed E-state index contributed by atoms with van der Waals surface area (Å²) < 4.78 is 40.2. The summed E-state index contributed by atoms with van der Waals surface area (Å²) in [7, 11) is 5.29. The van der Waals surface area contributed by atoms with Gasteiger partial charge in [-0.2, -0.15) is 4.39 Å². The predicted octanol–water partition coefficient (Wildman–Crippen LogP) is 8.43. The highest BCUT2D eigenvalue weighted by molar-refractivity contribution is 5.97. The van der Waals surface area contributed by atoms with Crippen molar-refractivity contribution in [2.24, 2.45) is 11.3 Å². The van der Waals surface area contributed by atoms with E-state index in [9.17, 15) is 32.8 Å². The number of aromatic nitrogens is 2. The van der Waals surface area contributed by atoms with Crippen LogP contribution >= 0.6 is 0 Å². The van der Waals surface area contributed by atoms with Gasteiger partial charge in [0.2, 0.25) is 18.1 Å². The number of ether oxygens (including phenoxy) is 3. The van der Waals surface area contributed by atoms with E-state index in [1.165, 1.54) is 88.8 Å². The van der Waals surface area contributed by atoms with Crippen LogP contribution in [-0.4, -0.2) is 142 Å². The van der Waals surface area contributed by atoms with Gasteiger partial charge in [-0.3, -0.25) is 34.0 Å². The molecule has 3 atom stereocenters. The molecule has 428 valence electrons. The van der Waals surface area contributed by atoms with Crippen LogP contribution in [0.2, 0.25) is 0 Å². The van der Waals surface area contributed by atoms with Gasteiger partial charge in [0.05, 0.1) is 26.4 Å². The van der Waals surface area contributed by atoms with Gasteiger partial charge in [-0.05, 0) is 146 Å². The molecule has 77 heavy (non-hydrogen) atoms. The number of nitrogens with one attached hydrogen (secondary N) is 4. The van der Waals surface area contributed by atoms with Gasteiger partial charge in [-0.1, -0.05) is 45.2 Å². The molecule has 4 amide bonds. The molecule has 1 aromatic carbocycles. The Kier molecular flexibility index (Phi) is 31.6. The van der Waals surface area contributed by atoms with Crippen LogP contribution in [0.25, 0.3) is 0 Å². The summed E-state index contributed by atoms with van der Waals surface area (Å²) in [4.78, 5) is 78.6. The number of hydrogen-bond donors (Lipinski definition) is 4. The van der Waals surface area contributed by atoms with E-state index < -0.39 is 17.7 Å². The van der Waals surface area contributed by atoms with Gasteiger partial charge in [0, 0.05) is 80.9 Å². The average Bonchev–Trinajstić information content (AvgIpc) is 4.24. The van der Waals surface area contributed by atoms with Crippen LogP contribution in [0.4, 0.5) is 14.5 Å². The number of likely N-dealkylation sites (tertiary alicyclic amines) is 1. The van der Waals surface area contributed by atoms with Crippen LogP contribution in [0, 0.1) is 23.0 Å². The molecule has 2 aromatic heterocycles. The maximum absolute atomic E-state index is 12.5. The van der Waals surface area contributed by atoms with Gasteiger partial charge < -0.3 is 50.0 Å². The lowest BCUT2D eigenvalue weighted by Gasteiger charge is -2.45. The van der Waals surface area contributed by atoms with Crippen LogP contribution in [0.1, 0.15) is 152 Å². The molecule has 5 aliphatic rings. The fourth-order valence-electron chi connectivity index (χ4n) is 9.90. The summed E-state index contributed by atoms with van der Waals surface area (Å²) >= 11 is 0. The zero-order chi connectivity index (χ0) is 56.4. The molecule has 0 bridgehead atoms. The number of piperidine rings is 1. The van der Waals surface area contributed by atoms with Crippen molar-refractivity contribution in [3.8, 4) is 5.75 Å². The quantitative estimate of drug-likeness (QED) is 0.0657. The van der Waals surface area contributed by atoms with Crippen molar-refractivity contribution in [2.45, 2.75) is 160 Å². The van der Waals surface area contributed by atoms with Gasteiger partial charge >= 0.3 is 0 Å². The second-order valence-electron chi connectivity index (χ2n) is 19.9. The van der Waals surface area contributed by atoms with E-state index in [-0.39, 0.29) is 35.3 Å². The Bertz CT molecular complexity index is 2150. The fourth-order valence-corrected chi connectivity index (χ4v) is 9.90. The number of aldehydes is 1. The Morgan fingerprint density at radius 3 is 2.18 bits per heavy atom. The van der Waals surface area contributed by atoms with Gasteiger partial charge in [0.1, 0.15) is 24.9 Å². The number of carbonyl (C=O) groups excluding carboxylic acids is 6. The fraction of sp³-hybridized carbons (Fsp3) is 0.621. The lowest BCUT2D eigenvalue weighted by Crippen LogP contribution is -2.45. The molecule has 8 rings (SSSR count). The highest BCUT2D eigenvalue weighted by atomic mass is 19.2. The van der Waals surface area contributed by atoms with Gasteiger partial charge in [0.15, 0.2) is 11.6 Å². The van der Waals surface area contributed by atoms with E-state index in [1.807, 2.05) is 51.8 Å². The minimum absolute atomic E-state index is 0.0694. The third-order valence-electron chi connectivity index (χ3n) is 14.6. The van der Waals surface area contributed by atoms with Crippen molar-refractivity contribution < 1.29 is 51.8 Å². The highest BCUT2D eigenvalue weighted by Gasteiger charge is 2.40. The smallest absolute Gasteiger partial charge is 0.270 e. The third-order valence-corrected chi connectivity index (χ3v) is 14.6. The van der Waals surface area contributed by atoms with Crippen LogP contribution in [0.15, 0.2) is 61.1 Å². The first-order valence-corrected chi connectivity index (χ1v) is 27.6. The van der Waals surface area contributed by atoms with E-state index in [0.29, 0.717) is 67.7 Å². The lowest BCUT2D eigenvalue weighted by molar-refractivity contribution is -0.128. The van der Waals surface area contributed by atoms with E-state index >= 15 is 0 Å². The Morgan fingerprint density at radius 2 is 1.60 bits per heavy atom. The average molecular weight is 1080 g/mol. The molecule has 19 heteroatoms. The molecular formula is C58H88F2N8O9. The summed E-state index contributed by atoms with van der Waals surface area (Å²) in [6, 6.07) is 12.5. The van der Waals surface area contributed by atoms with Crippen molar-refractivity contribution in [3.05, 3.63) is 83.9 Å². The van der Waals surface area contributed by atoms with Crippen LogP contribution in [0.3, 0.4) is 0 Å². The first kappa shape index (κ1) is 65.5. The molecule has 3 aliphatic carbocycles. The number of carbonyl (C=O) groups is 6. The highest BCUT2D eigenvalue weighted by Crippen LogP contribution is 2.46. The molecule has 4 heterocycles. The van der Waals surface area contributed by atoms with Crippen LogP contribution in [-0.2, 0) is 33.4 Å². The van der Waals surface area contributed by atoms with Crippen molar-refractivity contribution >= 4 is 42.9 Å². The number of anilines is 1. The Labute approximate surface area is 456 Å². The molecule has 3 aromatic rings. The lowest BCUT2D eigenvalue weighted by atomic mass is 9.65. The summed E-state index contributed by atoms with van der Waals surface area (Å²) in [6.07, 6.45) is 25.4. The monoisotopic (exact) mass is 1080 g/mol. The number of methoxy groups -OCH3 is 1. The summed E-state index contributed by atoms with van der Waals surface area (Å²) in [5, 5.41) is 11.8. The summed E-state index contributed by atoms with van der Waals surface area (Å²) in [6.45, 7) is 11.9. The predicted molar refractivity (Wildman–Crippen MR) is 294 cm³/mol. The van der Waals surface area contributed by atoms with E-state index in [2.05, 4.69) is 54.0 Å². The Balaban J connectivity index is 0.000000275. The number of halogens is 2. The van der Waals surface area contributed by atoms with Crippen molar-refractivity contribution in [2.75, 3.05) is 65.9 Å². The maximum Gasteiger partial charge on any atom is 0.270 e. The number of pyridine rings is 2. The summed E-state index contributed by atoms with van der Waals surface area (Å²) in [5.41, 5.74) is 2.41. The normalized spacial score (nSPS) is 19.0.